The van der Waals surface area contributed by atoms with E-state index in [1.165, 1.54) is 19.2 Å². The topological polar surface area (TPSA) is 84.5 Å². The summed E-state index contributed by atoms with van der Waals surface area (Å²) in [6, 6.07) is 22.6. The quantitative estimate of drug-likeness (QED) is 0.596. The zero-order valence-corrected chi connectivity index (χ0v) is 16.8. The first-order valence-electron chi connectivity index (χ1n) is 9.07. The molecule has 3 aromatic carbocycles. The van der Waals surface area contributed by atoms with E-state index < -0.39 is 10.0 Å². The zero-order chi connectivity index (χ0) is 20.7. The molecule has 0 aliphatic carbocycles. The van der Waals surface area contributed by atoms with E-state index in [0.717, 1.165) is 5.56 Å². The number of methoxy groups -OCH3 is 1. The predicted molar refractivity (Wildman–Crippen MR) is 113 cm³/mol. The van der Waals surface area contributed by atoms with Crippen LogP contribution in [0.25, 0.3) is 0 Å². The van der Waals surface area contributed by atoms with E-state index in [1.807, 2.05) is 30.3 Å². The number of ether oxygens (including phenoxy) is 1. The second-order valence-corrected chi connectivity index (χ2v) is 8.08. The number of carbonyl (C=O) groups is 1. The van der Waals surface area contributed by atoms with Gasteiger partial charge in [-0.15, -0.1) is 0 Å². The predicted octanol–water partition coefficient (Wildman–Crippen LogP) is 3.47. The van der Waals surface area contributed by atoms with Crippen molar-refractivity contribution < 1.29 is 17.9 Å². The van der Waals surface area contributed by atoms with Crippen molar-refractivity contribution in [1.82, 2.24) is 4.72 Å². The van der Waals surface area contributed by atoms with Crippen LogP contribution >= 0.6 is 0 Å². The standard InChI is InChI=1S/C22H22N2O4S/c1-28-21-10-6-5-9-20(21)22(25)24-18-11-13-19(14-12-18)29(26,27)23-16-15-17-7-3-2-4-8-17/h2-14,23H,15-16H2,1H3,(H,24,25). The molecule has 0 saturated carbocycles. The summed E-state index contributed by atoms with van der Waals surface area (Å²) in [5.41, 5.74) is 1.95. The van der Waals surface area contributed by atoms with Crippen LogP contribution in [0.3, 0.4) is 0 Å². The summed E-state index contributed by atoms with van der Waals surface area (Å²) in [7, 11) is -2.12. The molecule has 0 bridgehead atoms. The minimum atomic E-state index is -3.62. The van der Waals surface area contributed by atoms with Crippen molar-refractivity contribution in [2.24, 2.45) is 0 Å². The lowest BCUT2D eigenvalue weighted by Crippen LogP contribution is -2.26. The highest BCUT2D eigenvalue weighted by Crippen LogP contribution is 2.20. The highest BCUT2D eigenvalue weighted by atomic mass is 32.2. The number of hydrogen-bond acceptors (Lipinski definition) is 4. The van der Waals surface area contributed by atoms with Gasteiger partial charge in [0.1, 0.15) is 5.75 Å². The van der Waals surface area contributed by atoms with E-state index in [-0.39, 0.29) is 10.8 Å². The number of rotatable bonds is 8. The van der Waals surface area contributed by atoms with Crippen LogP contribution in [0.4, 0.5) is 5.69 Å². The fourth-order valence-electron chi connectivity index (χ4n) is 2.81. The van der Waals surface area contributed by atoms with E-state index in [4.69, 9.17) is 4.74 Å². The first-order valence-corrected chi connectivity index (χ1v) is 10.6. The van der Waals surface area contributed by atoms with E-state index in [1.54, 1.807) is 36.4 Å². The third-order valence-electron chi connectivity index (χ3n) is 4.32. The van der Waals surface area contributed by atoms with Crippen molar-refractivity contribution in [3.8, 4) is 5.75 Å². The maximum atomic E-state index is 12.4. The first kappa shape index (κ1) is 20.6. The van der Waals surface area contributed by atoms with Crippen LogP contribution in [0.15, 0.2) is 83.8 Å². The minimum absolute atomic E-state index is 0.140. The van der Waals surface area contributed by atoms with Crippen LogP contribution in [0.1, 0.15) is 15.9 Å². The SMILES string of the molecule is COc1ccccc1C(=O)Nc1ccc(S(=O)(=O)NCCc2ccccc2)cc1. The third kappa shape index (κ3) is 5.43. The number of nitrogens with one attached hydrogen (secondary N) is 2. The van der Waals surface area contributed by atoms with Gasteiger partial charge in [-0.05, 0) is 48.4 Å². The molecule has 29 heavy (non-hydrogen) atoms. The molecule has 2 N–H and O–H groups in total. The lowest BCUT2D eigenvalue weighted by molar-refractivity contribution is 0.102. The fraction of sp³-hybridized carbons (Fsp3) is 0.136. The lowest BCUT2D eigenvalue weighted by Gasteiger charge is -2.10. The number of sulfonamides is 1. The summed E-state index contributed by atoms with van der Waals surface area (Å²) in [4.78, 5) is 12.6. The monoisotopic (exact) mass is 410 g/mol. The molecule has 0 aromatic heterocycles. The van der Waals surface area contributed by atoms with Gasteiger partial charge in [-0.25, -0.2) is 13.1 Å². The summed E-state index contributed by atoms with van der Waals surface area (Å²) in [6.07, 6.45) is 0.604. The Hall–Kier alpha value is -3.16. The van der Waals surface area contributed by atoms with Gasteiger partial charge >= 0.3 is 0 Å². The summed E-state index contributed by atoms with van der Waals surface area (Å²) in [5, 5.41) is 2.74. The van der Waals surface area contributed by atoms with Crippen LogP contribution in [-0.4, -0.2) is 28.0 Å². The summed E-state index contributed by atoms with van der Waals surface area (Å²) in [5.74, 6) is 0.130. The number of para-hydroxylation sites is 1. The van der Waals surface area contributed by atoms with Crippen molar-refractivity contribution in [3.63, 3.8) is 0 Å². The van der Waals surface area contributed by atoms with E-state index in [2.05, 4.69) is 10.0 Å². The Balaban J connectivity index is 1.62. The smallest absolute Gasteiger partial charge is 0.259 e. The van der Waals surface area contributed by atoms with Crippen LogP contribution in [0.2, 0.25) is 0 Å². The second-order valence-electron chi connectivity index (χ2n) is 6.31. The minimum Gasteiger partial charge on any atom is -0.496 e. The van der Waals surface area contributed by atoms with Crippen molar-refractivity contribution in [2.45, 2.75) is 11.3 Å². The third-order valence-corrected chi connectivity index (χ3v) is 5.80. The second kappa shape index (κ2) is 9.36. The first-order chi connectivity index (χ1) is 14.0. The van der Waals surface area contributed by atoms with E-state index in [9.17, 15) is 13.2 Å². The molecule has 6 nitrogen and oxygen atoms in total. The van der Waals surface area contributed by atoms with Gasteiger partial charge in [-0.2, -0.15) is 0 Å². The molecule has 0 heterocycles. The van der Waals surface area contributed by atoms with Gasteiger partial charge in [0.05, 0.1) is 17.6 Å². The van der Waals surface area contributed by atoms with Gasteiger partial charge in [0.15, 0.2) is 0 Å². The molecule has 0 atom stereocenters. The van der Waals surface area contributed by atoms with Crippen molar-refractivity contribution >= 4 is 21.6 Å². The van der Waals surface area contributed by atoms with Gasteiger partial charge in [0.2, 0.25) is 10.0 Å². The Morgan fingerprint density at radius 2 is 1.55 bits per heavy atom. The average Bonchev–Trinajstić information content (AvgIpc) is 2.74. The van der Waals surface area contributed by atoms with Gasteiger partial charge in [0.25, 0.3) is 5.91 Å². The number of amides is 1. The van der Waals surface area contributed by atoms with Gasteiger partial charge < -0.3 is 10.1 Å². The molecule has 0 radical (unpaired) electrons. The molecule has 0 saturated heterocycles. The summed E-state index contributed by atoms with van der Waals surface area (Å²) >= 11 is 0. The maximum Gasteiger partial charge on any atom is 0.259 e. The van der Waals surface area contributed by atoms with E-state index >= 15 is 0 Å². The fourth-order valence-corrected chi connectivity index (χ4v) is 3.84. The zero-order valence-electron chi connectivity index (χ0n) is 16.0. The molecule has 0 aliphatic rings. The molecule has 0 fully saturated rings. The van der Waals surface area contributed by atoms with Crippen molar-refractivity contribution in [1.29, 1.82) is 0 Å². The number of hydrogen-bond donors (Lipinski definition) is 2. The van der Waals surface area contributed by atoms with Crippen molar-refractivity contribution in [2.75, 3.05) is 19.0 Å². The largest absolute Gasteiger partial charge is 0.496 e. The highest BCUT2D eigenvalue weighted by Gasteiger charge is 2.15. The van der Waals surface area contributed by atoms with E-state index in [0.29, 0.717) is 30.0 Å². The Bertz CT molecular complexity index is 1070. The van der Waals surface area contributed by atoms with Crippen molar-refractivity contribution in [3.05, 3.63) is 90.0 Å². The molecular formula is C22H22N2O4S. The molecule has 0 unspecified atom stereocenters. The Kier molecular flexibility index (Phi) is 6.64. The van der Waals surface area contributed by atoms with Crippen LogP contribution in [0, 0.1) is 0 Å². The number of carbonyl (C=O) groups excluding carboxylic acids is 1. The molecule has 150 valence electrons. The number of anilines is 1. The van der Waals surface area contributed by atoms with Gasteiger partial charge in [-0.3, -0.25) is 4.79 Å². The Morgan fingerprint density at radius 3 is 2.24 bits per heavy atom. The molecule has 0 aliphatic heterocycles. The maximum absolute atomic E-state index is 12.4. The molecule has 7 heteroatoms. The van der Waals surface area contributed by atoms with Crippen LogP contribution in [0.5, 0.6) is 5.75 Å². The number of benzene rings is 3. The molecule has 0 spiro atoms. The molecule has 3 aromatic rings. The highest BCUT2D eigenvalue weighted by molar-refractivity contribution is 7.89. The van der Waals surface area contributed by atoms with Crippen LogP contribution in [-0.2, 0) is 16.4 Å². The molecule has 1 amide bonds. The summed E-state index contributed by atoms with van der Waals surface area (Å²) < 4.78 is 32.7. The normalized spacial score (nSPS) is 11.1. The molecule has 3 rings (SSSR count). The summed E-state index contributed by atoms with van der Waals surface area (Å²) in [6.45, 7) is 0.304. The lowest BCUT2D eigenvalue weighted by atomic mass is 10.2. The average molecular weight is 410 g/mol. The van der Waals surface area contributed by atoms with Gasteiger partial charge in [0, 0.05) is 12.2 Å². The Morgan fingerprint density at radius 1 is 0.897 bits per heavy atom. The van der Waals surface area contributed by atoms with Gasteiger partial charge in [-0.1, -0.05) is 42.5 Å². The molecular weight excluding hydrogens is 388 g/mol. The van der Waals surface area contributed by atoms with Crippen LogP contribution < -0.4 is 14.8 Å². The Labute approximate surface area is 170 Å².